The lowest BCUT2D eigenvalue weighted by atomic mass is 10.1. The number of benzene rings is 1. The average molecular weight is 455 g/mol. The topological polar surface area (TPSA) is 89.6 Å². The SMILES string of the molecule is C1CCOC1.COc1ccc(CN2CCN(c3nc4cnc(C)cc4nc3N)CC2)c(F)c1. The highest BCUT2D eigenvalue weighted by atomic mass is 19.1. The van der Waals surface area contributed by atoms with Gasteiger partial charge in [0.2, 0.25) is 0 Å². The van der Waals surface area contributed by atoms with Gasteiger partial charge < -0.3 is 20.1 Å². The zero-order chi connectivity index (χ0) is 23.2. The Morgan fingerprint density at radius 1 is 1.06 bits per heavy atom. The van der Waals surface area contributed by atoms with Crippen LogP contribution in [0.15, 0.2) is 30.5 Å². The van der Waals surface area contributed by atoms with E-state index in [-0.39, 0.29) is 5.82 Å². The summed E-state index contributed by atoms with van der Waals surface area (Å²) in [5.41, 5.74) is 9.20. The number of anilines is 2. The van der Waals surface area contributed by atoms with Crippen LogP contribution in [-0.2, 0) is 11.3 Å². The molecule has 2 saturated heterocycles. The van der Waals surface area contributed by atoms with Crippen molar-refractivity contribution >= 4 is 22.7 Å². The first-order chi connectivity index (χ1) is 16.0. The maximum atomic E-state index is 14.2. The molecule has 2 aliphatic heterocycles. The molecule has 2 aromatic heterocycles. The number of hydrogen-bond acceptors (Lipinski definition) is 8. The Kier molecular flexibility index (Phi) is 7.51. The number of aryl methyl sites for hydroxylation is 1. The lowest BCUT2D eigenvalue weighted by molar-refractivity contribution is 0.198. The third-order valence-corrected chi connectivity index (χ3v) is 5.85. The van der Waals surface area contributed by atoms with E-state index in [2.05, 4.69) is 24.8 Å². The minimum Gasteiger partial charge on any atom is -0.497 e. The zero-order valence-electron chi connectivity index (χ0n) is 19.3. The first-order valence-electron chi connectivity index (χ1n) is 11.3. The number of ether oxygens (including phenoxy) is 2. The number of nitrogens with zero attached hydrogens (tertiary/aromatic N) is 5. The van der Waals surface area contributed by atoms with Gasteiger partial charge in [-0.15, -0.1) is 0 Å². The number of fused-ring (bicyclic) bond motifs is 1. The van der Waals surface area contributed by atoms with E-state index in [1.807, 2.05) is 13.0 Å². The summed E-state index contributed by atoms with van der Waals surface area (Å²) in [6.07, 6.45) is 4.28. The van der Waals surface area contributed by atoms with E-state index in [1.165, 1.54) is 26.0 Å². The fourth-order valence-electron chi connectivity index (χ4n) is 3.95. The fourth-order valence-corrected chi connectivity index (χ4v) is 3.95. The van der Waals surface area contributed by atoms with Crippen molar-refractivity contribution in [3.63, 3.8) is 0 Å². The summed E-state index contributed by atoms with van der Waals surface area (Å²) < 4.78 is 24.2. The maximum Gasteiger partial charge on any atom is 0.172 e. The molecule has 0 unspecified atom stereocenters. The number of rotatable bonds is 4. The summed E-state index contributed by atoms with van der Waals surface area (Å²) >= 11 is 0. The summed E-state index contributed by atoms with van der Waals surface area (Å²) in [7, 11) is 1.53. The Balaban J connectivity index is 0.000000459. The van der Waals surface area contributed by atoms with Crippen LogP contribution in [0.5, 0.6) is 5.75 Å². The third kappa shape index (κ3) is 5.85. The van der Waals surface area contributed by atoms with Crippen molar-refractivity contribution in [1.29, 1.82) is 0 Å². The van der Waals surface area contributed by atoms with Crippen LogP contribution in [0.25, 0.3) is 11.0 Å². The van der Waals surface area contributed by atoms with E-state index in [4.69, 9.17) is 15.2 Å². The smallest absolute Gasteiger partial charge is 0.172 e. The number of methoxy groups -OCH3 is 1. The maximum absolute atomic E-state index is 14.2. The molecular formula is C24H31FN6O2. The quantitative estimate of drug-likeness (QED) is 0.643. The predicted molar refractivity (Wildman–Crippen MR) is 127 cm³/mol. The summed E-state index contributed by atoms with van der Waals surface area (Å²) in [6.45, 7) is 7.55. The highest BCUT2D eigenvalue weighted by Crippen LogP contribution is 2.24. The monoisotopic (exact) mass is 454 g/mol. The highest BCUT2D eigenvalue weighted by molar-refractivity contribution is 5.79. The minimum absolute atomic E-state index is 0.241. The molecule has 2 fully saturated rings. The second-order valence-electron chi connectivity index (χ2n) is 8.29. The van der Waals surface area contributed by atoms with Gasteiger partial charge in [0.05, 0.1) is 18.8 Å². The molecule has 0 spiro atoms. The third-order valence-electron chi connectivity index (χ3n) is 5.85. The summed E-state index contributed by atoms with van der Waals surface area (Å²) in [4.78, 5) is 17.8. The average Bonchev–Trinajstić information content (AvgIpc) is 3.41. The minimum atomic E-state index is -0.241. The van der Waals surface area contributed by atoms with E-state index < -0.39 is 0 Å². The second-order valence-corrected chi connectivity index (χ2v) is 8.29. The molecule has 176 valence electrons. The van der Waals surface area contributed by atoms with E-state index in [1.54, 1.807) is 18.3 Å². The Bertz CT molecular complexity index is 1080. The lowest BCUT2D eigenvalue weighted by Crippen LogP contribution is -2.46. The zero-order valence-corrected chi connectivity index (χ0v) is 19.3. The molecule has 0 atom stereocenters. The number of pyridine rings is 1. The van der Waals surface area contributed by atoms with Crippen molar-refractivity contribution in [2.45, 2.75) is 26.3 Å². The molecule has 5 rings (SSSR count). The Morgan fingerprint density at radius 3 is 2.45 bits per heavy atom. The Labute approximate surface area is 193 Å². The van der Waals surface area contributed by atoms with Crippen LogP contribution in [0.3, 0.4) is 0 Å². The first-order valence-corrected chi connectivity index (χ1v) is 11.3. The standard InChI is InChI=1S/C20H23FN6O.C4H8O/c1-13-9-17-18(11-23-13)25-20(19(22)24-17)27-7-5-26(6-8-27)12-14-3-4-15(28-2)10-16(14)21;1-2-4-5-3-1/h3-4,9-11H,5-8,12H2,1-2H3,(H2,22,24);1-4H2. The molecular weight excluding hydrogens is 423 g/mol. The number of nitrogen functional groups attached to an aromatic ring is 1. The van der Waals surface area contributed by atoms with Crippen molar-refractivity contribution in [3.05, 3.63) is 47.5 Å². The Morgan fingerprint density at radius 2 is 1.82 bits per heavy atom. The van der Waals surface area contributed by atoms with Gasteiger partial charge in [-0.05, 0) is 31.9 Å². The molecule has 33 heavy (non-hydrogen) atoms. The molecule has 0 amide bonds. The van der Waals surface area contributed by atoms with Gasteiger partial charge >= 0.3 is 0 Å². The van der Waals surface area contributed by atoms with Gasteiger partial charge in [-0.3, -0.25) is 9.88 Å². The number of hydrogen-bond donors (Lipinski definition) is 1. The lowest BCUT2D eigenvalue weighted by Gasteiger charge is -2.35. The van der Waals surface area contributed by atoms with Gasteiger partial charge in [0.15, 0.2) is 11.6 Å². The van der Waals surface area contributed by atoms with Crippen LogP contribution < -0.4 is 15.4 Å². The van der Waals surface area contributed by atoms with E-state index in [0.29, 0.717) is 29.5 Å². The molecule has 2 N–H and O–H groups in total. The fraction of sp³-hybridized carbons (Fsp3) is 0.458. The van der Waals surface area contributed by atoms with Crippen molar-refractivity contribution in [3.8, 4) is 5.75 Å². The molecule has 1 aromatic carbocycles. The van der Waals surface area contributed by atoms with Crippen LogP contribution in [0, 0.1) is 12.7 Å². The van der Waals surface area contributed by atoms with Gasteiger partial charge in [-0.25, -0.2) is 14.4 Å². The van der Waals surface area contributed by atoms with Crippen molar-refractivity contribution < 1.29 is 13.9 Å². The molecule has 4 heterocycles. The van der Waals surface area contributed by atoms with Crippen LogP contribution >= 0.6 is 0 Å². The van der Waals surface area contributed by atoms with E-state index >= 15 is 0 Å². The van der Waals surface area contributed by atoms with Crippen LogP contribution in [-0.4, -0.2) is 66.4 Å². The van der Waals surface area contributed by atoms with Crippen LogP contribution in [0.2, 0.25) is 0 Å². The molecule has 0 aliphatic carbocycles. The number of nitrogens with two attached hydrogens (primary N) is 1. The largest absolute Gasteiger partial charge is 0.497 e. The van der Waals surface area contributed by atoms with Crippen molar-refractivity contribution in [2.24, 2.45) is 0 Å². The molecule has 0 bridgehead atoms. The summed E-state index contributed by atoms with van der Waals surface area (Å²) in [6, 6.07) is 6.87. The molecule has 0 saturated carbocycles. The van der Waals surface area contributed by atoms with Crippen molar-refractivity contribution in [2.75, 3.05) is 57.1 Å². The molecule has 9 heteroatoms. The molecule has 0 radical (unpaired) electrons. The number of aromatic nitrogens is 3. The second kappa shape index (κ2) is 10.7. The first kappa shape index (κ1) is 23.1. The number of halogens is 1. The van der Waals surface area contributed by atoms with Crippen LogP contribution in [0.1, 0.15) is 24.1 Å². The molecule has 3 aromatic rings. The van der Waals surface area contributed by atoms with Gasteiger partial charge in [-0.2, -0.15) is 0 Å². The van der Waals surface area contributed by atoms with Crippen molar-refractivity contribution in [1.82, 2.24) is 19.9 Å². The van der Waals surface area contributed by atoms with E-state index in [0.717, 1.165) is 56.1 Å². The van der Waals surface area contributed by atoms with E-state index in [9.17, 15) is 4.39 Å². The molecule has 8 nitrogen and oxygen atoms in total. The summed E-state index contributed by atoms with van der Waals surface area (Å²) in [5.74, 6) is 1.40. The number of piperazine rings is 1. The van der Waals surface area contributed by atoms with Gasteiger partial charge in [0.25, 0.3) is 0 Å². The summed E-state index contributed by atoms with van der Waals surface area (Å²) in [5, 5.41) is 0. The van der Waals surface area contributed by atoms with Gasteiger partial charge in [-0.1, -0.05) is 6.07 Å². The van der Waals surface area contributed by atoms with Gasteiger partial charge in [0.1, 0.15) is 17.1 Å². The highest BCUT2D eigenvalue weighted by Gasteiger charge is 2.22. The molecule has 2 aliphatic rings. The normalized spacial score (nSPS) is 16.5. The van der Waals surface area contributed by atoms with Crippen LogP contribution in [0.4, 0.5) is 16.0 Å². The Hall–Kier alpha value is -3.04. The predicted octanol–water partition coefficient (Wildman–Crippen LogP) is 3.18. The van der Waals surface area contributed by atoms with Gasteiger partial charge in [0, 0.05) is 63.3 Å².